The molecule has 2 aromatic rings. The molecular weight excluding hydrogens is 328 g/mol. The van der Waals surface area contributed by atoms with Crippen LogP contribution in [0.2, 0.25) is 5.02 Å². The molecule has 1 atom stereocenters. The molecule has 0 saturated carbocycles. The molecule has 2 N–H and O–H groups in total. The lowest BCUT2D eigenvalue weighted by atomic mass is 10.1. The van der Waals surface area contributed by atoms with Crippen LogP contribution in [0.25, 0.3) is 0 Å². The number of hydrogen-bond acceptors (Lipinski definition) is 4. The van der Waals surface area contributed by atoms with Crippen LogP contribution in [-0.2, 0) is 16.1 Å². The number of rotatable bonds is 7. The smallest absolute Gasteiger partial charge is 0.289 e. The fourth-order valence-electron chi connectivity index (χ4n) is 2.18. The van der Waals surface area contributed by atoms with Crippen molar-refractivity contribution < 1.29 is 14.3 Å². The average Bonchev–Trinajstić information content (AvgIpc) is 2.59. The Hall–Kier alpha value is -2.53. The molecule has 0 bridgehead atoms. The number of nitrogens with one attached hydrogen (secondary N) is 2. The van der Waals surface area contributed by atoms with Gasteiger partial charge in [-0.1, -0.05) is 35.9 Å². The number of amides is 1. The third-order valence-electron chi connectivity index (χ3n) is 3.44. The molecule has 0 heterocycles. The standard InChI is InChI=1S/C18H19ClN2O3/c1-12(21-15-8-3-4-9-16(15)24-2)17(22)18(23)20-11-13-6-5-7-14(19)10-13/h3-10,12,21H,11H2,1-2H3,(H,20,23). The van der Waals surface area contributed by atoms with Crippen LogP contribution < -0.4 is 15.4 Å². The Kier molecular flexibility index (Phi) is 6.21. The van der Waals surface area contributed by atoms with Gasteiger partial charge in [0.25, 0.3) is 5.91 Å². The van der Waals surface area contributed by atoms with Crippen molar-refractivity contribution in [1.29, 1.82) is 0 Å². The summed E-state index contributed by atoms with van der Waals surface area (Å²) in [6.07, 6.45) is 0. The summed E-state index contributed by atoms with van der Waals surface area (Å²) >= 11 is 5.89. The average molecular weight is 347 g/mol. The summed E-state index contributed by atoms with van der Waals surface area (Å²) in [6.45, 7) is 1.88. The van der Waals surface area contributed by atoms with Gasteiger partial charge in [-0.3, -0.25) is 9.59 Å². The number of methoxy groups -OCH3 is 1. The van der Waals surface area contributed by atoms with Crippen molar-refractivity contribution >= 4 is 29.0 Å². The Balaban J connectivity index is 1.93. The van der Waals surface area contributed by atoms with Crippen LogP contribution in [0, 0.1) is 0 Å². The van der Waals surface area contributed by atoms with Crippen LogP contribution in [0.1, 0.15) is 12.5 Å². The lowest BCUT2D eigenvalue weighted by molar-refractivity contribution is -0.138. The molecule has 0 aliphatic heterocycles. The number of ether oxygens (including phenoxy) is 1. The molecule has 2 rings (SSSR count). The maximum Gasteiger partial charge on any atom is 0.289 e. The van der Waals surface area contributed by atoms with Crippen LogP contribution in [0.5, 0.6) is 5.75 Å². The zero-order chi connectivity index (χ0) is 17.5. The van der Waals surface area contributed by atoms with Gasteiger partial charge in [-0.2, -0.15) is 0 Å². The number of anilines is 1. The predicted octanol–water partition coefficient (Wildman–Crippen LogP) is 3.03. The van der Waals surface area contributed by atoms with Gasteiger partial charge in [0.05, 0.1) is 18.8 Å². The monoisotopic (exact) mass is 346 g/mol. The summed E-state index contributed by atoms with van der Waals surface area (Å²) in [5, 5.41) is 6.18. The van der Waals surface area contributed by atoms with Gasteiger partial charge < -0.3 is 15.4 Å². The molecule has 0 fully saturated rings. The largest absolute Gasteiger partial charge is 0.495 e. The number of ketones is 1. The first-order valence-corrected chi connectivity index (χ1v) is 7.85. The van der Waals surface area contributed by atoms with Gasteiger partial charge in [0.1, 0.15) is 5.75 Å². The highest BCUT2D eigenvalue weighted by molar-refractivity contribution is 6.38. The fourth-order valence-corrected chi connectivity index (χ4v) is 2.39. The zero-order valence-corrected chi connectivity index (χ0v) is 14.3. The van der Waals surface area contributed by atoms with Crippen molar-refractivity contribution in [3.8, 4) is 5.75 Å². The fraction of sp³-hybridized carbons (Fsp3) is 0.222. The molecule has 1 unspecified atom stereocenters. The van der Waals surface area contributed by atoms with Crippen LogP contribution in [0.15, 0.2) is 48.5 Å². The molecule has 2 aromatic carbocycles. The first-order chi connectivity index (χ1) is 11.5. The van der Waals surface area contributed by atoms with Gasteiger partial charge in [0.15, 0.2) is 0 Å². The van der Waals surface area contributed by atoms with Crippen LogP contribution in [-0.4, -0.2) is 24.8 Å². The molecule has 0 aliphatic rings. The molecule has 24 heavy (non-hydrogen) atoms. The Morgan fingerprint density at radius 2 is 1.92 bits per heavy atom. The summed E-state index contributed by atoms with van der Waals surface area (Å²) in [5.41, 5.74) is 1.48. The van der Waals surface area contributed by atoms with E-state index < -0.39 is 17.7 Å². The van der Waals surface area contributed by atoms with Crippen LogP contribution >= 0.6 is 11.6 Å². The summed E-state index contributed by atoms with van der Waals surface area (Å²) < 4.78 is 5.22. The number of para-hydroxylation sites is 2. The van der Waals surface area contributed by atoms with Gasteiger partial charge in [0, 0.05) is 11.6 Å². The minimum absolute atomic E-state index is 0.243. The third-order valence-corrected chi connectivity index (χ3v) is 3.67. The molecule has 5 nitrogen and oxygen atoms in total. The number of benzene rings is 2. The number of halogens is 1. The van der Waals surface area contributed by atoms with E-state index in [4.69, 9.17) is 16.3 Å². The molecule has 0 saturated heterocycles. The minimum atomic E-state index is -0.680. The van der Waals surface area contributed by atoms with E-state index in [-0.39, 0.29) is 6.54 Å². The molecule has 126 valence electrons. The molecular formula is C18H19ClN2O3. The van der Waals surface area contributed by atoms with Gasteiger partial charge >= 0.3 is 0 Å². The SMILES string of the molecule is COc1ccccc1NC(C)C(=O)C(=O)NCc1cccc(Cl)c1. The van der Waals surface area contributed by atoms with Crippen molar-refractivity contribution in [1.82, 2.24) is 5.32 Å². The minimum Gasteiger partial charge on any atom is -0.495 e. The van der Waals surface area contributed by atoms with Crippen molar-refractivity contribution in [3.05, 3.63) is 59.1 Å². The lowest BCUT2D eigenvalue weighted by Gasteiger charge is -2.16. The molecule has 0 radical (unpaired) electrons. The highest BCUT2D eigenvalue weighted by Crippen LogP contribution is 2.23. The van der Waals surface area contributed by atoms with Crippen molar-refractivity contribution in [2.75, 3.05) is 12.4 Å². The topological polar surface area (TPSA) is 67.4 Å². The predicted molar refractivity (Wildman–Crippen MR) is 94.4 cm³/mol. The van der Waals surface area contributed by atoms with Gasteiger partial charge in [0.2, 0.25) is 5.78 Å². The second-order valence-electron chi connectivity index (χ2n) is 5.24. The second kappa shape index (κ2) is 8.36. The molecule has 6 heteroatoms. The van der Waals surface area contributed by atoms with Crippen molar-refractivity contribution in [2.24, 2.45) is 0 Å². The number of carbonyl (C=O) groups excluding carboxylic acids is 2. The van der Waals surface area contributed by atoms with Crippen LogP contribution in [0.3, 0.4) is 0 Å². The maximum atomic E-state index is 12.2. The maximum absolute atomic E-state index is 12.2. The Morgan fingerprint density at radius 3 is 2.62 bits per heavy atom. The number of hydrogen-bond donors (Lipinski definition) is 2. The third kappa shape index (κ3) is 4.73. The van der Waals surface area contributed by atoms with E-state index in [1.54, 1.807) is 44.4 Å². The first kappa shape index (κ1) is 17.8. The number of carbonyl (C=O) groups is 2. The molecule has 0 aliphatic carbocycles. The van der Waals surface area contributed by atoms with Gasteiger partial charge in [-0.25, -0.2) is 0 Å². The molecule has 0 spiro atoms. The summed E-state index contributed by atoms with van der Waals surface area (Å²) in [6, 6.07) is 13.6. The van der Waals surface area contributed by atoms with E-state index in [9.17, 15) is 9.59 Å². The van der Waals surface area contributed by atoms with E-state index in [2.05, 4.69) is 10.6 Å². The number of Topliss-reactive ketones (excluding diaryl/α,β-unsaturated/α-hetero) is 1. The zero-order valence-electron chi connectivity index (χ0n) is 13.5. The van der Waals surface area contributed by atoms with Crippen molar-refractivity contribution in [2.45, 2.75) is 19.5 Å². The first-order valence-electron chi connectivity index (χ1n) is 7.47. The molecule has 1 amide bonds. The van der Waals surface area contributed by atoms with E-state index >= 15 is 0 Å². The molecule has 0 aromatic heterocycles. The summed E-state index contributed by atoms with van der Waals surface area (Å²) in [5.74, 6) is -0.593. The lowest BCUT2D eigenvalue weighted by Crippen LogP contribution is -2.40. The van der Waals surface area contributed by atoms with Gasteiger partial charge in [-0.15, -0.1) is 0 Å². The summed E-state index contributed by atoms with van der Waals surface area (Å²) in [4.78, 5) is 24.2. The summed E-state index contributed by atoms with van der Waals surface area (Å²) in [7, 11) is 1.55. The van der Waals surface area contributed by atoms with E-state index in [1.165, 1.54) is 0 Å². The Morgan fingerprint density at radius 1 is 1.17 bits per heavy atom. The highest BCUT2D eigenvalue weighted by Gasteiger charge is 2.21. The second-order valence-corrected chi connectivity index (χ2v) is 5.68. The van der Waals surface area contributed by atoms with E-state index in [0.717, 1.165) is 5.56 Å². The van der Waals surface area contributed by atoms with Crippen LogP contribution in [0.4, 0.5) is 5.69 Å². The van der Waals surface area contributed by atoms with E-state index in [1.807, 2.05) is 18.2 Å². The van der Waals surface area contributed by atoms with E-state index in [0.29, 0.717) is 16.5 Å². The quantitative estimate of drug-likeness (QED) is 0.756. The highest BCUT2D eigenvalue weighted by atomic mass is 35.5. The normalized spacial score (nSPS) is 11.5. The van der Waals surface area contributed by atoms with Crippen molar-refractivity contribution in [3.63, 3.8) is 0 Å². The Labute approximate surface area is 146 Å². The van der Waals surface area contributed by atoms with Gasteiger partial charge in [-0.05, 0) is 36.8 Å². The Bertz CT molecular complexity index is 734.